The summed E-state index contributed by atoms with van der Waals surface area (Å²) in [6.07, 6.45) is 1.93. The van der Waals surface area contributed by atoms with E-state index in [1.54, 1.807) is 0 Å². The molecule has 1 rings (SSSR count). The van der Waals surface area contributed by atoms with Gasteiger partial charge in [0.1, 0.15) is 0 Å². The molecule has 0 aliphatic rings. The number of nitrogens with one attached hydrogen (secondary N) is 1. The Labute approximate surface area is 110 Å². The summed E-state index contributed by atoms with van der Waals surface area (Å²) in [7, 11) is 0. The minimum atomic E-state index is 0.361. The van der Waals surface area contributed by atoms with E-state index in [0.717, 1.165) is 23.8 Å². The van der Waals surface area contributed by atoms with Gasteiger partial charge in [-0.1, -0.05) is 39.3 Å². The first-order valence-corrected chi connectivity index (χ1v) is 6.71. The lowest BCUT2D eigenvalue weighted by Crippen LogP contribution is -2.31. The predicted molar refractivity (Wildman–Crippen MR) is 73.6 cm³/mol. The zero-order chi connectivity index (χ0) is 13.0. The monoisotopic (exact) mass is 257 g/mol. The van der Waals surface area contributed by atoms with E-state index in [-0.39, 0.29) is 0 Å². The zero-order valence-corrected chi connectivity index (χ0v) is 12.3. The molecule has 0 fully saturated rings. The smallest absolute Gasteiger partial charge is 0.0815 e. The van der Waals surface area contributed by atoms with Gasteiger partial charge in [-0.3, -0.25) is 4.68 Å². The van der Waals surface area contributed by atoms with Crippen molar-refractivity contribution in [2.75, 3.05) is 13.1 Å². The molecule has 0 aliphatic carbocycles. The molecule has 1 heterocycles. The van der Waals surface area contributed by atoms with Gasteiger partial charge in [0.25, 0.3) is 0 Å². The molecule has 0 aliphatic heterocycles. The van der Waals surface area contributed by atoms with Crippen molar-refractivity contribution in [3.05, 3.63) is 16.9 Å². The van der Waals surface area contributed by atoms with Crippen molar-refractivity contribution in [2.24, 2.45) is 11.8 Å². The maximum Gasteiger partial charge on any atom is 0.0815 e. The van der Waals surface area contributed by atoms with Gasteiger partial charge in [0.15, 0.2) is 0 Å². The van der Waals surface area contributed by atoms with Gasteiger partial charge in [-0.25, -0.2) is 0 Å². The van der Waals surface area contributed by atoms with Crippen LogP contribution in [0.15, 0.2) is 6.20 Å². The first-order chi connectivity index (χ1) is 7.91. The molecule has 1 N–H and O–H groups in total. The van der Waals surface area contributed by atoms with E-state index in [2.05, 4.69) is 38.1 Å². The fraction of sp³-hybridized carbons (Fsp3) is 0.769. The number of rotatable bonds is 6. The Balaban J connectivity index is 2.66. The van der Waals surface area contributed by atoms with Crippen molar-refractivity contribution in [1.82, 2.24) is 15.1 Å². The van der Waals surface area contributed by atoms with E-state index in [1.165, 1.54) is 0 Å². The number of halogens is 1. The molecule has 0 spiro atoms. The number of aromatic nitrogens is 2. The molecule has 98 valence electrons. The molecule has 1 aromatic rings. The average molecular weight is 258 g/mol. The molecule has 4 heteroatoms. The first kappa shape index (κ1) is 14.5. The van der Waals surface area contributed by atoms with Crippen LogP contribution in [0.1, 0.15) is 39.4 Å². The number of nitrogens with zero attached hydrogens (tertiary/aromatic N) is 2. The Morgan fingerprint density at radius 3 is 2.35 bits per heavy atom. The van der Waals surface area contributed by atoms with Gasteiger partial charge in [-0.2, -0.15) is 5.10 Å². The molecule has 0 bridgehead atoms. The van der Waals surface area contributed by atoms with Crippen LogP contribution < -0.4 is 5.32 Å². The summed E-state index contributed by atoms with van der Waals surface area (Å²) in [4.78, 5) is 0. The summed E-state index contributed by atoms with van der Waals surface area (Å²) in [5.74, 6) is 1.20. The second-order valence-electron chi connectivity index (χ2n) is 5.41. The predicted octanol–water partition coefficient (Wildman–Crippen LogP) is 3.29. The average Bonchev–Trinajstić information content (AvgIpc) is 2.53. The van der Waals surface area contributed by atoms with Gasteiger partial charge < -0.3 is 5.32 Å². The number of hydrogen-bond donors (Lipinski definition) is 1. The Bertz CT molecular complexity index is 325. The Morgan fingerprint density at radius 2 is 1.94 bits per heavy atom. The van der Waals surface area contributed by atoms with Crippen LogP contribution in [0, 0.1) is 18.8 Å². The van der Waals surface area contributed by atoms with Crippen molar-refractivity contribution in [3.63, 3.8) is 0 Å². The lowest BCUT2D eigenvalue weighted by atomic mass is 10.0. The normalized spacial score (nSPS) is 13.6. The quantitative estimate of drug-likeness (QED) is 0.848. The molecule has 1 aromatic heterocycles. The van der Waals surface area contributed by atoms with E-state index in [0.29, 0.717) is 17.9 Å². The topological polar surface area (TPSA) is 29.9 Å². The highest BCUT2D eigenvalue weighted by Gasteiger charge is 2.17. The molecule has 0 saturated heterocycles. The second kappa shape index (κ2) is 6.41. The molecular weight excluding hydrogens is 234 g/mol. The lowest BCUT2D eigenvalue weighted by molar-refractivity contribution is 0.324. The summed E-state index contributed by atoms with van der Waals surface area (Å²) in [5, 5.41) is 8.71. The van der Waals surface area contributed by atoms with Crippen LogP contribution in [0.4, 0.5) is 0 Å². The summed E-state index contributed by atoms with van der Waals surface area (Å²) >= 11 is 6.06. The Hall–Kier alpha value is -0.540. The van der Waals surface area contributed by atoms with Gasteiger partial charge in [0.05, 0.1) is 16.8 Å². The highest BCUT2D eigenvalue weighted by molar-refractivity contribution is 6.31. The highest BCUT2D eigenvalue weighted by atomic mass is 35.5. The van der Waals surface area contributed by atoms with Crippen LogP contribution in [0.5, 0.6) is 0 Å². The van der Waals surface area contributed by atoms with Crippen LogP contribution in [0.2, 0.25) is 5.02 Å². The van der Waals surface area contributed by atoms with E-state index < -0.39 is 0 Å². The lowest BCUT2D eigenvalue weighted by Gasteiger charge is -2.22. The fourth-order valence-electron chi connectivity index (χ4n) is 1.78. The second-order valence-corrected chi connectivity index (χ2v) is 5.81. The molecule has 0 amide bonds. The standard InChI is InChI=1S/C13H24ClN3/c1-9(2)6-15-7-13(10(3)4)17-8-12(14)11(5)16-17/h8-10,13,15H,6-7H2,1-5H3. The van der Waals surface area contributed by atoms with Gasteiger partial charge in [-0.15, -0.1) is 0 Å². The molecule has 0 saturated carbocycles. The third-order valence-electron chi connectivity index (χ3n) is 2.87. The van der Waals surface area contributed by atoms with Gasteiger partial charge >= 0.3 is 0 Å². The van der Waals surface area contributed by atoms with Crippen LogP contribution >= 0.6 is 11.6 Å². The van der Waals surface area contributed by atoms with Crippen LogP contribution in [0.25, 0.3) is 0 Å². The van der Waals surface area contributed by atoms with Crippen LogP contribution in [-0.2, 0) is 0 Å². The van der Waals surface area contributed by atoms with Gasteiger partial charge in [0, 0.05) is 12.7 Å². The zero-order valence-electron chi connectivity index (χ0n) is 11.5. The number of aryl methyl sites for hydroxylation is 1. The molecule has 17 heavy (non-hydrogen) atoms. The van der Waals surface area contributed by atoms with Crippen molar-refractivity contribution in [3.8, 4) is 0 Å². The molecule has 1 unspecified atom stereocenters. The maximum atomic E-state index is 6.06. The summed E-state index contributed by atoms with van der Waals surface area (Å²) in [5.41, 5.74) is 0.904. The van der Waals surface area contributed by atoms with Gasteiger partial charge in [-0.05, 0) is 25.3 Å². The van der Waals surface area contributed by atoms with Crippen molar-refractivity contribution < 1.29 is 0 Å². The summed E-state index contributed by atoms with van der Waals surface area (Å²) in [6, 6.07) is 0.361. The van der Waals surface area contributed by atoms with Crippen molar-refractivity contribution >= 4 is 11.6 Å². The third-order valence-corrected chi connectivity index (χ3v) is 3.24. The number of hydrogen-bond acceptors (Lipinski definition) is 2. The minimum Gasteiger partial charge on any atom is -0.314 e. The molecule has 0 aromatic carbocycles. The molecule has 3 nitrogen and oxygen atoms in total. The first-order valence-electron chi connectivity index (χ1n) is 6.33. The largest absolute Gasteiger partial charge is 0.314 e. The fourth-order valence-corrected chi connectivity index (χ4v) is 1.92. The SMILES string of the molecule is Cc1nn(C(CNCC(C)C)C(C)C)cc1Cl. The van der Waals surface area contributed by atoms with E-state index >= 15 is 0 Å². The minimum absolute atomic E-state index is 0.361. The van der Waals surface area contributed by atoms with Gasteiger partial charge in [0.2, 0.25) is 0 Å². The Kier molecular flexibility index (Phi) is 5.47. The van der Waals surface area contributed by atoms with E-state index in [1.807, 2.05) is 17.8 Å². The Morgan fingerprint density at radius 1 is 1.29 bits per heavy atom. The van der Waals surface area contributed by atoms with Crippen LogP contribution in [-0.4, -0.2) is 22.9 Å². The van der Waals surface area contributed by atoms with Crippen molar-refractivity contribution in [2.45, 2.75) is 40.7 Å². The highest BCUT2D eigenvalue weighted by Crippen LogP contribution is 2.20. The maximum absolute atomic E-state index is 6.06. The van der Waals surface area contributed by atoms with Crippen molar-refractivity contribution in [1.29, 1.82) is 0 Å². The summed E-state index contributed by atoms with van der Waals surface area (Å²) < 4.78 is 2.00. The van der Waals surface area contributed by atoms with Crippen LogP contribution in [0.3, 0.4) is 0 Å². The summed E-state index contributed by atoms with van der Waals surface area (Å²) in [6.45, 7) is 12.8. The van der Waals surface area contributed by atoms with E-state index in [4.69, 9.17) is 11.6 Å². The third kappa shape index (κ3) is 4.32. The molecule has 0 radical (unpaired) electrons. The molecular formula is C13H24ClN3. The van der Waals surface area contributed by atoms with E-state index in [9.17, 15) is 0 Å². The molecule has 1 atom stereocenters.